The molecule has 0 aromatic heterocycles. The zero-order chi connectivity index (χ0) is 14.4. The first-order valence-corrected chi connectivity index (χ1v) is 6.37. The van der Waals surface area contributed by atoms with Gasteiger partial charge in [0.05, 0.1) is 30.2 Å². The number of nitriles is 2. The quantitative estimate of drug-likeness (QED) is 0.880. The molecule has 0 spiro atoms. The topological polar surface area (TPSA) is 71.0 Å². The predicted molar refractivity (Wildman–Crippen MR) is 74.5 cm³/mol. The molecule has 1 unspecified atom stereocenters. The molecule has 0 saturated carbocycles. The fraction of sp³-hybridized carbons (Fsp3) is 0.467. The summed E-state index contributed by atoms with van der Waals surface area (Å²) in [5, 5.41) is 27.6. The molecular weight excluding hydrogens is 238 g/mol. The SMILES string of the molecule is CC(O)c1ccc(C#N)cc1N(CCC#N)C(C)C. The molecule has 0 aliphatic carbocycles. The van der Waals surface area contributed by atoms with Crippen molar-refractivity contribution in [1.82, 2.24) is 0 Å². The first kappa shape index (κ1) is 15.0. The lowest BCUT2D eigenvalue weighted by Crippen LogP contribution is -2.32. The molecule has 4 nitrogen and oxygen atoms in total. The van der Waals surface area contributed by atoms with Crippen molar-refractivity contribution < 1.29 is 5.11 Å². The van der Waals surface area contributed by atoms with Gasteiger partial charge in [-0.2, -0.15) is 10.5 Å². The van der Waals surface area contributed by atoms with Gasteiger partial charge in [-0.25, -0.2) is 0 Å². The van der Waals surface area contributed by atoms with Gasteiger partial charge in [0.25, 0.3) is 0 Å². The highest BCUT2D eigenvalue weighted by molar-refractivity contribution is 5.59. The van der Waals surface area contributed by atoms with Crippen LogP contribution in [0.1, 0.15) is 44.4 Å². The third-order valence-corrected chi connectivity index (χ3v) is 3.01. The molecule has 0 saturated heterocycles. The second kappa shape index (κ2) is 6.78. The van der Waals surface area contributed by atoms with E-state index in [1.807, 2.05) is 18.7 Å². The van der Waals surface area contributed by atoms with E-state index in [0.717, 1.165) is 11.3 Å². The Labute approximate surface area is 114 Å². The Balaban J connectivity index is 3.26. The maximum atomic E-state index is 9.85. The third kappa shape index (κ3) is 3.71. The lowest BCUT2D eigenvalue weighted by molar-refractivity contribution is 0.199. The summed E-state index contributed by atoms with van der Waals surface area (Å²) < 4.78 is 0. The van der Waals surface area contributed by atoms with Crippen molar-refractivity contribution in [3.63, 3.8) is 0 Å². The van der Waals surface area contributed by atoms with Crippen molar-refractivity contribution in [2.24, 2.45) is 0 Å². The van der Waals surface area contributed by atoms with Crippen LogP contribution in [0.25, 0.3) is 0 Å². The average molecular weight is 257 g/mol. The van der Waals surface area contributed by atoms with Crippen LogP contribution in [0.4, 0.5) is 5.69 Å². The maximum absolute atomic E-state index is 9.85. The lowest BCUT2D eigenvalue weighted by atomic mass is 10.0. The highest BCUT2D eigenvalue weighted by Crippen LogP contribution is 2.29. The normalized spacial score (nSPS) is 11.7. The number of aliphatic hydroxyl groups is 1. The molecule has 0 aliphatic heterocycles. The average Bonchev–Trinajstić information content (AvgIpc) is 2.38. The van der Waals surface area contributed by atoms with Crippen LogP contribution in [-0.4, -0.2) is 17.7 Å². The molecule has 0 amide bonds. The van der Waals surface area contributed by atoms with Crippen molar-refractivity contribution in [3.8, 4) is 12.1 Å². The molecule has 1 aromatic rings. The highest BCUT2D eigenvalue weighted by atomic mass is 16.3. The first-order valence-electron chi connectivity index (χ1n) is 6.37. The molecule has 0 radical (unpaired) electrons. The molecule has 0 heterocycles. The molecule has 1 aromatic carbocycles. The third-order valence-electron chi connectivity index (χ3n) is 3.01. The summed E-state index contributed by atoms with van der Waals surface area (Å²) >= 11 is 0. The number of hydrogen-bond acceptors (Lipinski definition) is 4. The lowest BCUT2D eigenvalue weighted by Gasteiger charge is -2.31. The minimum atomic E-state index is -0.605. The Kier molecular flexibility index (Phi) is 5.36. The van der Waals surface area contributed by atoms with Crippen LogP contribution in [0, 0.1) is 22.7 Å². The summed E-state index contributed by atoms with van der Waals surface area (Å²) in [6, 6.07) is 9.69. The van der Waals surface area contributed by atoms with E-state index in [2.05, 4.69) is 12.1 Å². The van der Waals surface area contributed by atoms with Crippen molar-refractivity contribution in [1.29, 1.82) is 10.5 Å². The van der Waals surface area contributed by atoms with Gasteiger partial charge in [-0.05, 0) is 32.9 Å². The van der Waals surface area contributed by atoms with Crippen molar-refractivity contribution in [3.05, 3.63) is 29.3 Å². The van der Waals surface area contributed by atoms with Gasteiger partial charge < -0.3 is 10.0 Å². The number of anilines is 1. The first-order chi connectivity index (χ1) is 9.01. The smallest absolute Gasteiger partial charge is 0.0992 e. The van der Waals surface area contributed by atoms with Gasteiger partial charge in [-0.1, -0.05) is 6.07 Å². The molecule has 1 rings (SSSR count). The molecule has 1 N–H and O–H groups in total. The van der Waals surface area contributed by atoms with Crippen LogP contribution < -0.4 is 4.90 Å². The molecule has 19 heavy (non-hydrogen) atoms. The van der Waals surface area contributed by atoms with Crippen LogP contribution in [0.5, 0.6) is 0 Å². The molecule has 0 aliphatic rings. The van der Waals surface area contributed by atoms with E-state index in [0.29, 0.717) is 18.5 Å². The van der Waals surface area contributed by atoms with Crippen molar-refractivity contribution in [2.45, 2.75) is 39.3 Å². The second-order valence-corrected chi connectivity index (χ2v) is 4.76. The summed E-state index contributed by atoms with van der Waals surface area (Å²) in [6.07, 6.45) is -0.195. The van der Waals surface area contributed by atoms with E-state index in [1.54, 1.807) is 25.1 Å². The summed E-state index contributed by atoms with van der Waals surface area (Å²) in [5.41, 5.74) is 2.17. The van der Waals surface area contributed by atoms with Gasteiger partial charge >= 0.3 is 0 Å². The summed E-state index contributed by atoms with van der Waals surface area (Å²) in [5.74, 6) is 0. The van der Waals surface area contributed by atoms with Crippen LogP contribution in [-0.2, 0) is 0 Å². The number of aliphatic hydroxyl groups excluding tert-OH is 1. The van der Waals surface area contributed by atoms with Gasteiger partial charge in [0, 0.05) is 23.8 Å². The molecular formula is C15H19N3O. The summed E-state index contributed by atoms with van der Waals surface area (Å²) in [4.78, 5) is 2.05. The Morgan fingerprint density at radius 3 is 2.42 bits per heavy atom. The van der Waals surface area contributed by atoms with E-state index in [9.17, 15) is 5.11 Å². The molecule has 100 valence electrons. The van der Waals surface area contributed by atoms with Gasteiger partial charge in [-0.3, -0.25) is 0 Å². The predicted octanol–water partition coefficient (Wildman–Crippen LogP) is 2.74. The number of rotatable bonds is 5. The van der Waals surface area contributed by atoms with Gasteiger partial charge in [0.1, 0.15) is 0 Å². The Bertz CT molecular complexity index is 509. The minimum absolute atomic E-state index is 0.194. The number of benzene rings is 1. The van der Waals surface area contributed by atoms with E-state index < -0.39 is 6.10 Å². The Hall–Kier alpha value is -2.04. The molecule has 0 fully saturated rings. The fourth-order valence-electron chi connectivity index (χ4n) is 2.04. The molecule has 4 heteroatoms. The monoisotopic (exact) mass is 257 g/mol. The van der Waals surface area contributed by atoms with Gasteiger partial charge in [-0.15, -0.1) is 0 Å². The van der Waals surface area contributed by atoms with E-state index in [1.165, 1.54) is 0 Å². The van der Waals surface area contributed by atoms with Gasteiger partial charge in [0.15, 0.2) is 0 Å². The van der Waals surface area contributed by atoms with Crippen LogP contribution in [0.15, 0.2) is 18.2 Å². The molecule has 1 atom stereocenters. The Morgan fingerprint density at radius 2 is 1.95 bits per heavy atom. The summed E-state index contributed by atoms with van der Waals surface area (Å²) in [7, 11) is 0. The zero-order valence-corrected chi connectivity index (χ0v) is 11.6. The molecule has 0 bridgehead atoms. The zero-order valence-electron chi connectivity index (χ0n) is 11.6. The van der Waals surface area contributed by atoms with Crippen LogP contribution in [0.3, 0.4) is 0 Å². The Morgan fingerprint density at radius 1 is 1.26 bits per heavy atom. The standard InChI is InChI=1S/C15H19N3O/c1-11(2)18(8-4-7-16)15-9-13(10-17)5-6-14(15)12(3)19/h5-6,9,11-12,19H,4,8H2,1-3H3. The van der Waals surface area contributed by atoms with Crippen molar-refractivity contribution >= 4 is 5.69 Å². The van der Waals surface area contributed by atoms with Crippen molar-refractivity contribution in [2.75, 3.05) is 11.4 Å². The van der Waals surface area contributed by atoms with E-state index >= 15 is 0 Å². The summed E-state index contributed by atoms with van der Waals surface area (Å²) in [6.45, 7) is 6.35. The largest absolute Gasteiger partial charge is 0.389 e. The number of nitrogens with zero attached hydrogens (tertiary/aromatic N) is 3. The van der Waals surface area contributed by atoms with E-state index in [4.69, 9.17) is 10.5 Å². The van der Waals surface area contributed by atoms with E-state index in [-0.39, 0.29) is 6.04 Å². The minimum Gasteiger partial charge on any atom is -0.389 e. The second-order valence-electron chi connectivity index (χ2n) is 4.76. The van der Waals surface area contributed by atoms with Gasteiger partial charge in [0.2, 0.25) is 0 Å². The van der Waals surface area contributed by atoms with Crippen LogP contribution >= 0.6 is 0 Å². The van der Waals surface area contributed by atoms with Crippen LogP contribution in [0.2, 0.25) is 0 Å². The maximum Gasteiger partial charge on any atom is 0.0992 e. The fourth-order valence-corrected chi connectivity index (χ4v) is 2.04. The highest BCUT2D eigenvalue weighted by Gasteiger charge is 2.17. The number of hydrogen-bond donors (Lipinski definition) is 1.